The fraction of sp³-hybridized carbons (Fsp3) is 0.571. The lowest BCUT2D eigenvalue weighted by atomic mass is 9.93. The standard InChI is InChI=1S/C28H37FN8O2/c1-35-12-14-36(15-13-35)26(39)18-6-9-20(16-18)37-25-24(33-28(37)32-23-5-3-2-4-22(23)29)17-30-27(34-25)31-19-7-10-21(38)11-8-19/h2-5,17-21,38H,6-16H2,1H3,(H,32,33)(H,30,31,34)/t18-,19-,20+,21-/m1/s1. The quantitative estimate of drug-likeness (QED) is 0.439. The van der Waals surface area contributed by atoms with Crippen LogP contribution in [0.1, 0.15) is 51.0 Å². The Bertz CT molecular complexity index is 1320. The summed E-state index contributed by atoms with van der Waals surface area (Å²) >= 11 is 0. The molecule has 3 heterocycles. The number of aliphatic hydroxyl groups is 1. The summed E-state index contributed by atoms with van der Waals surface area (Å²) in [5.41, 5.74) is 1.62. The topological polar surface area (TPSA) is 111 Å². The molecular formula is C28H37FN8O2. The average molecular weight is 537 g/mol. The summed E-state index contributed by atoms with van der Waals surface area (Å²) in [7, 11) is 2.09. The lowest BCUT2D eigenvalue weighted by Gasteiger charge is -2.34. The van der Waals surface area contributed by atoms with Crippen LogP contribution in [0, 0.1) is 11.7 Å². The van der Waals surface area contributed by atoms with Gasteiger partial charge in [-0.05, 0) is 64.1 Å². The zero-order valence-corrected chi connectivity index (χ0v) is 22.4. The molecule has 1 aromatic carbocycles. The highest BCUT2D eigenvalue weighted by Crippen LogP contribution is 2.40. The third kappa shape index (κ3) is 5.56. The van der Waals surface area contributed by atoms with Crippen LogP contribution in [0.4, 0.5) is 22.0 Å². The summed E-state index contributed by atoms with van der Waals surface area (Å²) in [5.74, 6) is 0.838. The molecule has 10 nitrogen and oxygen atoms in total. The van der Waals surface area contributed by atoms with Crippen LogP contribution < -0.4 is 10.6 Å². The molecule has 1 amide bonds. The summed E-state index contributed by atoms with van der Waals surface area (Å²) < 4.78 is 16.6. The van der Waals surface area contributed by atoms with E-state index in [0.29, 0.717) is 35.2 Å². The molecular weight excluding hydrogens is 499 g/mol. The summed E-state index contributed by atoms with van der Waals surface area (Å²) in [6, 6.07) is 6.74. The minimum Gasteiger partial charge on any atom is -0.393 e. The first-order valence-corrected chi connectivity index (χ1v) is 14.1. The molecule has 1 saturated heterocycles. The fourth-order valence-corrected chi connectivity index (χ4v) is 6.18. The maximum Gasteiger partial charge on any atom is 0.225 e. The number of para-hydroxylation sites is 1. The number of halogens is 1. The van der Waals surface area contributed by atoms with Crippen LogP contribution in [0.5, 0.6) is 0 Å². The molecule has 3 N–H and O–H groups in total. The molecule has 3 aromatic rings. The number of hydrogen-bond donors (Lipinski definition) is 3. The van der Waals surface area contributed by atoms with Gasteiger partial charge in [-0.15, -0.1) is 0 Å². The van der Waals surface area contributed by atoms with Gasteiger partial charge >= 0.3 is 0 Å². The maximum absolute atomic E-state index is 14.6. The highest BCUT2D eigenvalue weighted by molar-refractivity contribution is 5.80. The van der Waals surface area contributed by atoms with Crippen LogP contribution >= 0.6 is 0 Å². The largest absolute Gasteiger partial charge is 0.393 e. The second-order valence-electron chi connectivity index (χ2n) is 11.3. The predicted molar refractivity (Wildman–Crippen MR) is 147 cm³/mol. The van der Waals surface area contributed by atoms with Crippen molar-refractivity contribution in [3.8, 4) is 0 Å². The smallest absolute Gasteiger partial charge is 0.225 e. The number of carbonyl (C=O) groups excluding carboxylic acids is 1. The number of fused-ring (bicyclic) bond motifs is 1. The van der Waals surface area contributed by atoms with Crippen molar-refractivity contribution in [2.75, 3.05) is 43.9 Å². The number of likely N-dealkylation sites (N-methyl/N-ethyl adjacent to an activating group) is 1. The molecule has 3 aliphatic rings. The SMILES string of the molecule is CN1CCN(C(=O)[C@@H]2CC[C@H](n3c(Nc4ccccc4F)nc4cnc(N[C@H]5CC[C@H](O)CC5)nc43)C2)CC1. The van der Waals surface area contributed by atoms with E-state index in [0.717, 1.165) is 64.7 Å². The van der Waals surface area contributed by atoms with Crippen molar-refractivity contribution >= 4 is 34.7 Å². The lowest BCUT2D eigenvalue weighted by molar-refractivity contribution is -0.137. The van der Waals surface area contributed by atoms with Gasteiger partial charge in [-0.3, -0.25) is 9.36 Å². The molecule has 1 aliphatic heterocycles. The first kappa shape index (κ1) is 25.9. The Labute approximate surface area is 227 Å². The van der Waals surface area contributed by atoms with Gasteiger partial charge in [0.05, 0.1) is 18.0 Å². The molecule has 39 heavy (non-hydrogen) atoms. The first-order chi connectivity index (χ1) is 18.9. The Hall–Kier alpha value is -3.31. The van der Waals surface area contributed by atoms with E-state index in [2.05, 4.69) is 27.6 Å². The number of anilines is 3. The molecule has 0 spiro atoms. The molecule has 11 heteroatoms. The normalized spacial score (nSPS) is 26.2. The molecule has 2 saturated carbocycles. The Morgan fingerprint density at radius 2 is 1.79 bits per heavy atom. The number of hydrogen-bond acceptors (Lipinski definition) is 8. The number of benzene rings is 1. The number of carbonyl (C=O) groups is 1. The minimum absolute atomic E-state index is 0.00161. The molecule has 6 rings (SSSR count). The van der Waals surface area contributed by atoms with Crippen LogP contribution in [0.2, 0.25) is 0 Å². The van der Waals surface area contributed by atoms with Gasteiger partial charge in [0.25, 0.3) is 0 Å². The zero-order valence-electron chi connectivity index (χ0n) is 22.4. The summed E-state index contributed by atoms with van der Waals surface area (Å²) in [5, 5.41) is 16.5. The van der Waals surface area contributed by atoms with Crippen molar-refractivity contribution in [3.63, 3.8) is 0 Å². The first-order valence-electron chi connectivity index (χ1n) is 14.1. The predicted octanol–water partition coefficient (Wildman–Crippen LogP) is 3.54. The molecule has 0 unspecified atom stereocenters. The number of rotatable bonds is 6. The van der Waals surface area contributed by atoms with Gasteiger partial charge in [0.2, 0.25) is 17.8 Å². The molecule has 3 fully saturated rings. The van der Waals surface area contributed by atoms with Gasteiger partial charge in [0.1, 0.15) is 11.3 Å². The molecule has 208 valence electrons. The molecule has 2 atom stereocenters. The fourth-order valence-electron chi connectivity index (χ4n) is 6.18. The van der Waals surface area contributed by atoms with Crippen LogP contribution in [0.3, 0.4) is 0 Å². The summed E-state index contributed by atoms with van der Waals surface area (Å²) in [4.78, 5) is 31.8. The van der Waals surface area contributed by atoms with Gasteiger partial charge in [0, 0.05) is 44.2 Å². The number of nitrogens with one attached hydrogen (secondary N) is 2. The second-order valence-corrected chi connectivity index (χ2v) is 11.3. The van der Waals surface area contributed by atoms with Gasteiger partial charge in [-0.25, -0.2) is 14.4 Å². The van der Waals surface area contributed by atoms with Crippen LogP contribution in [0.15, 0.2) is 30.5 Å². The van der Waals surface area contributed by atoms with E-state index in [1.165, 1.54) is 6.07 Å². The van der Waals surface area contributed by atoms with Crippen LogP contribution in [0.25, 0.3) is 11.2 Å². The summed E-state index contributed by atoms with van der Waals surface area (Å²) in [6.45, 7) is 3.34. The van der Waals surface area contributed by atoms with E-state index in [1.807, 2.05) is 9.47 Å². The Morgan fingerprint density at radius 3 is 2.56 bits per heavy atom. The number of aromatic nitrogens is 4. The van der Waals surface area contributed by atoms with E-state index in [1.54, 1.807) is 24.4 Å². The Balaban J connectivity index is 1.28. The maximum atomic E-state index is 14.6. The third-order valence-electron chi connectivity index (χ3n) is 8.52. The van der Waals surface area contributed by atoms with E-state index in [-0.39, 0.29) is 35.8 Å². The van der Waals surface area contributed by atoms with E-state index in [9.17, 15) is 14.3 Å². The van der Waals surface area contributed by atoms with Crippen molar-refractivity contribution in [3.05, 3.63) is 36.3 Å². The van der Waals surface area contributed by atoms with Gasteiger partial charge in [-0.1, -0.05) is 12.1 Å². The summed E-state index contributed by atoms with van der Waals surface area (Å²) in [6.07, 6.45) is 7.02. The van der Waals surface area contributed by atoms with E-state index in [4.69, 9.17) is 9.97 Å². The van der Waals surface area contributed by atoms with Gasteiger partial charge < -0.3 is 25.5 Å². The van der Waals surface area contributed by atoms with E-state index < -0.39 is 0 Å². The number of amides is 1. The Morgan fingerprint density at radius 1 is 1.03 bits per heavy atom. The van der Waals surface area contributed by atoms with Crippen molar-refractivity contribution < 1.29 is 14.3 Å². The molecule has 2 aliphatic carbocycles. The molecule has 2 aromatic heterocycles. The number of aliphatic hydroxyl groups excluding tert-OH is 1. The number of piperazine rings is 1. The van der Waals surface area contributed by atoms with Crippen molar-refractivity contribution in [2.24, 2.45) is 5.92 Å². The van der Waals surface area contributed by atoms with Crippen molar-refractivity contribution in [2.45, 2.75) is 63.1 Å². The molecule has 0 bridgehead atoms. The average Bonchev–Trinajstić information content (AvgIpc) is 3.56. The van der Waals surface area contributed by atoms with Crippen molar-refractivity contribution in [1.82, 2.24) is 29.3 Å². The molecule has 0 radical (unpaired) electrons. The third-order valence-corrected chi connectivity index (χ3v) is 8.52. The van der Waals surface area contributed by atoms with Crippen molar-refractivity contribution in [1.29, 1.82) is 0 Å². The minimum atomic E-state index is -0.362. The Kier molecular flexibility index (Phi) is 7.35. The monoisotopic (exact) mass is 536 g/mol. The zero-order chi connectivity index (χ0) is 26.9. The lowest BCUT2D eigenvalue weighted by Crippen LogP contribution is -2.48. The highest BCUT2D eigenvalue weighted by atomic mass is 19.1. The van der Waals surface area contributed by atoms with Gasteiger partial charge in [-0.2, -0.15) is 4.98 Å². The van der Waals surface area contributed by atoms with Crippen LogP contribution in [-0.2, 0) is 4.79 Å². The number of nitrogens with zero attached hydrogens (tertiary/aromatic N) is 6. The van der Waals surface area contributed by atoms with Gasteiger partial charge in [0.15, 0.2) is 5.65 Å². The van der Waals surface area contributed by atoms with E-state index >= 15 is 0 Å². The second kappa shape index (κ2) is 11.1. The van der Waals surface area contributed by atoms with Crippen LogP contribution in [-0.4, -0.2) is 85.7 Å². The number of imidazole rings is 1. The highest BCUT2D eigenvalue weighted by Gasteiger charge is 2.36.